The van der Waals surface area contributed by atoms with Gasteiger partial charge in [0.05, 0.1) is 12.5 Å². The van der Waals surface area contributed by atoms with Gasteiger partial charge in [-0.2, -0.15) is 0 Å². The molecular weight excluding hydrogens is 233 g/mol. The Morgan fingerprint density at radius 3 is 3.00 bits per heavy atom. The minimum atomic E-state index is -0.215. The van der Waals surface area contributed by atoms with E-state index in [1.165, 1.54) is 6.07 Å². The maximum absolute atomic E-state index is 13.3. The molecule has 1 unspecified atom stereocenters. The van der Waals surface area contributed by atoms with Gasteiger partial charge in [0, 0.05) is 13.2 Å². The minimum Gasteiger partial charge on any atom is -0.381 e. The van der Waals surface area contributed by atoms with E-state index in [0.717, 1.165) is 19.4 Å². The molecule has 2 rings (SSSR count). The molecule has 1 N–H and O–H groups in total. The molecule has 0 saturated carbocycles. The molecular formula is C14H18FNO2. The summed E-state index contributed by atoms with van der Waals surface area (Å²) in [6, 6.07) is 6.64. The Hall–Kier alpha value is -1.42. The van der Waals surface area contributed by atoms with Crippen LogP contribution in [0.2, 0.25) is 0 Å². The van der Waals surface area contributed by atoms with Crippen LogP contribution >= 0.6 is 0 Å². The lowest BCUT2D eigenvalue weighted by Gasteiger charge is -2.21. The molecule has 0 aromatic heterocycles. The molecule has 4 heteroatoms. The summed E-state index contributed by atoms with van der Waals surface area (Å²) in [4.78, 5) is 11.8. The lowest BCUT2D eigenvalue weighted by Crippen LogP contribution is -2.36. The van der Waals surface area contributed by atoms with Crippen molar-refractivity contribution in [1.29, 1.82) is 0 Å². The van der Waals surface area contributed by atoms with Crippen molar-refractivity contribution in [2.75, 3.05) is 19.8 Å². The average molecular weight is 251 g/mol. The molecule has 18 heavy (non-hydrogen) atoms. The fraction of sp³-hybridized carbons (Fsp3) is 0.500. The third-order valence-corrected chi connectivity index (χ3v) is 3.18. The van der Waals surface area contributed by atoms with E-state index in [4.69, 9.17) is 4.74 Å². The number of rotatable bonds is 4. The number of halogens is 1. The van der Waals surface area contributed by atoms with E-state index < -0.39 is 0 Å². The van der Waals surface area contributed by atoms with Crippen LogP contribution in [0.15, 0.2) is 24.3 Å². The van der Waals surface area contributed by atoms with Gasteiger partial charge in [-0.25, -0.2) is 4.39 Å². The van der Waals surface area contributed by atoms with Crippen LogP contribution in [0.25, 0.3) is 0 Å². The average Bonchev–Trinajstić information content (AvgIpc) is 2.42. The van der Waals surface area contributed by atoms with Crippen LogP contribution in [0.4, 0.5) is 4.39 Å². The topological polar surface area (TPSA) is 38.3 Å². The zero-order chi connectivity index (χ0) is 12.8. The molecule has 0 aliphatic carbocycles. The largest absolute Gasteiger partial charge is 0.381 e. The van der Waals surface area contributed by atoms with Gasteiger partial charge in [-0.3, -0.25) is 4.79 Å². The normalized spacial score (nSPS) is 19.5. The van der Waals surface area contributed by atoms with Gasteiger partial charge in [-0.15, -0.1) is 0 Å². The van der Waals surface area contributed by atoms with E-state index >= 15 is 0 Å². The highest BCUT2D eigenvalue weighted by Crippen LogP contribution is 2.13. The lowest BCUT2D eigenvalue weighted by atomic mass is 10.0. The number of amides is 1. The Morgan fingerprint density at radius 2 is 2.28 bits per heavy atom. The molecule has 1 heterocycles. The zero-order valence-corrected chi connectivity index (χ0v) is 10.3. The van der Waals surface area contributed by atoms with Crippen LogP contribution in [0, 0.1) is 11.7 Å². The van der Waals surface area contributed by atoms with Crippen LogP contribution in [0.3, 0.4) is 0 Å². The first kappa shape index (κ1) is 13.0. The Balaban J connectivity index is 1.75. The Labute approximate surface area is 106 Å². The molecule has 3 nitrogen and oxygen atoms in total. The summed E-state index contributed by atoms with van der Waals surface area (Å²) < 4.78 is 18.6. The van der Waals surface area contributed by atoms with Gasteiger partial charge in [0.15, 0.2) is 0 Å². The quantitative estimate of drug-likeness (QED) is 0.887. The van der Waals surface area contributed by atoms with Gasteiger partial charge < -0.3 is 10.1 Å². The smallest absolute Gasteiger partial charge is 0.225 e. The van der Waals surface area contributed by atoms with E-state index in [-0.39, 0.29) is 17.6 Å². The first-order chi connectivity index (χ1) is 8.77. The highest BCUT2D eigenvalue weighted by atomic mass is 19.1. The first-order valence-corrected chi connectivity index (χ1v) is 6.36. The first-order valence-electron chi connectivity index (χ1n) is 6.36. The van der Waals surface area contributed by atoms with Crippen molar-refractivity contribution in [3.63, 3.8) is 0 Å². The summed E-state index contributed by atoms with van der Waals surface area (Å²) in [5.41, 5.74) is 0.637. The molecule has 1 amide bonds. The number of ether oxygens (including phenoxy) is 1. The zero-order valence-electron chi connectivity index (χ0n) is 10.3. The van der Waals surface area contributed by atoms with E-state index in [1.807, 2.05) is 0 Å². The molecule has 1 aliphatic heterocycles. The molecule has 0 bridgehead atoms. The maximum atomic E-state index is 13.3. The molecule has 1 saturated heterocycles. The molecule has 1 fully saturated rings. The van der Waals surface area contributed by atoms with Gasteiger partial charge in [-0.1, -0.05) is 18.2 Å². The monoisotopic (exact) mass is 251 g/mol. The number of hydrogen-bond acceptors (Lipinski definition) is 2. The van der Waals surface area contributed by atoms with E-state index in [0.29, 0.717) is 25.1 Å². The lowest BCUT2D eigenvalue weighted by molar-refractivity contribution is -0.128. The third kappa shape index (κ3) is 3.53. The highest BCUT2D eigenvalue weighted by Gasteiger charge is 2.21. The highest BCUT2D eigenvalue weighted by molar-refractivity contribution is 5.78. The summed E-state index contributed by atoms with van der Waals surface area (Å²) in [5, 5.41) is 2.84. The second-order valence-corrected chi connectivity index (χ2v) is 4.55. The third-order valence-electron chi connectivity index (χ3n) is 3.18. The maximum Gasteiger partial charge on any atom is 0.225 e. The minimum absolute atomic E-state index is 0.0195. The molecule has 1 atom stereocenters. The van der Waals surface area contributed by atoms with Crippen molar-refractivity contribution in [1.82, 2.24) is 5.32 Å². The van der Waals surface area contributed by atoms with Crippen LogP contribution in [0.5, 0.6) is 0 Å². The number of hydrogen-bond donors (Lipinski definition) is 1. The van der Waals surface area contributed by atoms with Crippen LogP contribution in [-0.4, -0.2) is 25.7 Å². The van der Waals surface area contributed by atoms with Crippen LogP contribution in [0.1, 0.15) is 18.4 Å². The van der Waals surface area contributed by atoms with Crippen molar-refractivity contribution in [2.45, 2.75) is 19.3 Å². The van der Waals surface area contributed by atoms with E-state index in [1.54, 1.807) is 18.2 Å². The molecule has 98 valence electrons. The fourth-order valence-electron chi connectivity index (χ4n) is 2.11. The predicted molar refractivity (Wildman–Crippen MR) is 66.7 cm³/mol. The molecule has 0 radical (unpaired) electrons. The van der Waals surface area contributed by atoms with Crippen molar-refractivity contribution in [2.24, 2.45) is 5.92 Å². The predicted octanol–water partition coefficient (Wildman–Crippen LogP) is 1.91. The standard InChI is InChI=1S/C14H18FNO2/c15-13-6-2-1-4-11(13)7-8-16-14(17)12-5-3-9-18-10-12/h1-2,4,6,12H,3,5,7-10H2,(H,16,17). The van der Waals surface area contributed by atoms with Gasteiger partial charge >= 0.3 is 0 Å². The number of nitrogens with one attached hydrogen (secondary N) is 1. The number of carbonyl (C=O) groups is 1. The number of benzene rings is 1. The van der Waals surface area contributed by atoms with Crippen LogP contribution < -0.4 is 5.32 Å². The summed E-state index contributed by atoms with van der Waals surface area (Å²) >= 11 is 0. The second kappa shape index (κ2) is 6.50. The Bertz CT molecular complexity index is 403. The van der Waals surface area contributed by atoms with Crippen LogP contribution in [-0.2, 0) is 16.0 Å². The number of carbonyl (C=O) groups excluding carboxylic acids is 1. The summed E-state index contributed by atoms with van der Waals surface area (Å²) in [5.74, 6) is -0.238. The summed E-state index contributed by atoms with van der Waals surface area (Å²) in [7, 11) is 0. The van der Waals surface area contributed by atoms with Crippen molar-refractivity contribution < 1.29 is 13.9 Å². The molecule has 1 aromatic rings. The second-order valence-electron chi connectivity index (χ2n) is 4.55. The Morgan fingerprint density at radius 1 is 1.44 bits per heavy atom. The van der Waals surface area contributed by atoms with Crippen molar-refractivity contribution >= 4 is 5.91 Å². The van der Waals surface area contributed by atoms with E-state index in [2.05, 4.69) is 5.32 Å². The summed E-state index contributed by atoms with van der Waals surface area (Å²) in [6.07, 6.45) is 2.34. The Kier molecular flexibility index (Phi) is 4.70. The molecule has 0 spiro atoms. The van der Waals surface area contributed by atoms with Crippen molar-refractivity contribution in [3.8, 4) is 0 Å². The molecule has 1 aliphatic rings. The molecule has 1 aromatic carbocycles. The summed E-state index contributed by atoms with van der Waals surface area (Å²) in [6.45, 7) is 1.72. The van der Waals surface area contributed by atoms with Crippen molar-refractivity contribution in [3.05, 3.63) is 35.6 Å². The van der Waals surface area contributed by atoms with Gasteiger partial charge in [-0.05, 0) is 30.9 Å². The van der Waals surface area contributed by atoms with E-state index in [9.17, 15) is 9.18 Å². The SMILES string of the molecule is O=C(NCCc1ccccc1F)C1CCCOC1. The van der Waals surface area contributed by atoms with Gasteiger partial charge in [0.1, 0.15) is 5.82 Å². The van der Waals surface area contributed by atoms with Gasteiger partial charge in [0.25, 0.3) is 0 Å². The fourth-order valence-corrected chi connectivity index (χ4v) is 2.11. The van der Waals surface area contributed by atoms with Gasteiger partial charge in [0.2, 0.25) is 5.91 Å².